The van der Waals surface area contributed by atoms with Gasteiger partial charge in [-0.2, -0.15) is 0 Å². The topological polar surface area (TPSA) is 61.3 Å². The average molecular weight is 264 g/mol. The van der Waals surface area contributed by atoms with Gasteiger partial charge in [0.05, 0.1) is 6.61 Å². The van der Waals surface area contributed by atoms with Gasteiger partial charge in [-0.1, -0.05) is 19.8 Å². The summed E-state index contributed by atoms with van der Waals surface area (Å²) in [5.41, 5.74) is 1.14. The summed E-state index contributed by atoms with van der Waals surface area (Å²) < 4.78 is 0. The van der Waals surface area contributed by atoms with Crippen LogP contribution in [-0.4, -0.2) is 41.3 Å². The summed E-state index contributed by atoms with van der Waals surface area (Å²) in [6.45, 7) is 2.94. The van der Waals surface area contributed by atoms with Gasteiger partial charge in [0.2, 0.25) is 0 Å². The van der Waals surface area contributed by atoms with Gasteiger partial charge >= 0.3 is 0 Å². The summed E-state index contributed by atoms with van der Waals surface area (Å²) in [6, 6.07) is 0.511. The fourth-order valence-electron chi connectivity index (χ4n) is 2.98. The molecule has 0 aromatic carbocycles. The SMILES string of the molecule is CCc1c(NC)ncnc1N(CCO)C1CCCC1. The highest BCUT2D eigenvalue weighted by molar-refractivity contribution is 5.59. The first-order valence-electron chi connectivity index (χ1n) is 7.21. The van der Waals surface area contributed by atoms with Crippen molar-refractivity contribution >= 4 is 11.6 Å². The third-order valence-corrected chi connectivity index (χ3v) is 3.89. The largest absolute Gasteiger partial charge is 0.395 e. The second kappa shape index (κ2) is 6.70. The number of hydrogen-bond donors (Lipinski definition) is 2. The van der Waals surface area contributed by atoms with Gasteiger partial charge in [-0.15, -0.1) is 0 Å². The van der Waals surface area contributed by atoms with Crippen LogP contribution in [0.3, 0.4) is 0 Å². The van der Waals surface area contributed by atoms with E-state index in [-0.39, 0.29) is 6.61 Å². The second-order valence-corrected chi connectivity index (χ2v) is 4.98. The van der Waals surface area contributed by atoms with Crippen LogP contribution in [0.15, 0.2) is 6.33 Å². The van der Waals surface area contributed by atoms with E-state index in [2.05, 4.69) is 27.1 Å². The number of rotatable bonds is 6. The van der Waals surface area contributed by atoms with Crippen molar-refractivity contribution in [2.24, 2.45) is 0 Å². The van der Waals surface area contributed by atoms with Gasteiger partial charge in [0.25, 0.3) is 0 Å². The smallest absolute Gasteiger partial charge is 0.137 e. The van der Waals surface area contributed by atoms with Crippen LogP contribution >= 0.6 is 0 Å². The van der Waals surface area contributed by atoms with Gasteiger partial charge in [0.1, 0.15) is 18.0 Å². The van der Waals surface area contributed by atoms with Crippen molar-refractivity contribution < 1.29 is 5.11 Å². The summed E-state index contributed by atoms with van der Waals surface area (Å²) >= 11 is 0. The van der Waals surface area contributed by atoms with E-state index in [1.54, 1.807) is 6.33 Å². The molecular formula is C14H24N4O. The number of hydrogen-bond acceptors (Lipinski definition) is 5. The highest BCUT2D eigenvalue weighted by atomic mass is 16.3. The highest BCUT2D eigenvalue weighted by Crippen LogP contribution is 2.31. The van der Waals surface area contributed by atoms with Gasteiger partial charge in [-0.25, -0.2) is 9.97 Å². The lowest BCUT2D eigenvalue weighted by Gasteiger charge is -2.31. The molecule has 0 unspecified atom stereocenters. The third kappa shape index (κ3) is 2.97. The molecule has 0 aliphatic heterocycles. The van der Waals surface area contributed by atoms with Crippen molar-refractivity contribution in [1.82, 2.24) is 9.97 Å². The molecule has 2 rings (SSSR count). The summed E-state index contributed by atoms with van der Waals surface area (Å²) in [5.74, 6) is 1.89. The minimum atomic E-state index is 0.165. The Labute approximate surface area is 115 Å². The van der Waals surface area contributed by atoms with Crippen molar-refractivity contribution in [3.05, 3.63) is 11.9 Å². The van der Waals surface area contributed by atoms with Crippen molar-refractivity contribution in [2.45, 2.75) is 45.1 Å². The van der Waals surface area contributed by atoms with Crippen LogP contribution in [-0.2, 0) is 6.42 Å². The van der Waals surface area contributed by atoms with E-state index < -0.39 is 0 Å². The van der Waals surface area contributed by atoms with E-state index in [4.69, 9.17) is 0 Å². The first kappa shape index (κ1) is 14.1. The summed E-state index contributed by atoms with van der Waals surface area (Å²) in [4.78, 5) is 11.0. The number of aromatic nitrogens is 2. The normalized spacial score (nSPS) is 15.7. The molecule has 0 spiro atoms. The fraction of sp³-hybridized carbons (Fsp3) is 0.714. The highest BCUT2D eigenvalue weighted by Gasteiger charge is 2.25. The predicted octanol–water partition coefficient (Wildman–Crippen LogP) is 1.82. The molecule has 0 amide bonds. The van der Waals surface area contributed by atoms with Crippen LogP contribution in [0, 0.1) is 0 Å². The fourth-order valence-corrected chi connectivity index (χ4v) is 2.98. The molecule has 106 valence electrons. The Bertz CT molecular complexity index is 404. The van der Waals surface area contributed by atoms with Crippen LogP contribution in [0.2, 0.25) is 0 Å². The van der Waals surface area contributed by atoms with E-state index in [9.17, 15) is 5.11 Å². The molecule has 0 atom stereocenters. The molecule has 2 N–H and O–H groups in total. The molecule has 1 aromatic heterocycles. The Hall–Kier alpha value is -1.36. The lowest BCUT2D eigenvalue weighted by molar-refractivity contribution is 0.296. The minimum absolute atomic E-state index is 0.165. The number of aliphatic hydroxyl groups is 1. The second-order valence-electron chi connectivity index (χ2n) is 4.98. The molecule has 5 heteroatoms. The molecule has 0 saturated heterocycles. The first-order chi connectivity index (χ1) is 9.31. The summed E-state index contributed by atoms with van der Waals surface area (Å²) in [5, 5.41) is 12.5. The molecule has 1 saturated carbocycles. The van der Waals surface area contributed by atoms with Crippen molar-refractivity contribution in [3.63, 3.8) is 0 Å². The van der Waals surface area contributed by atoms with Crippen LogP contribution in [0.25, 0.3) is 0 Å². The quantitative estimate of drug-likeness (QED) is 0.820. The van der Waals surface area contributed by atoms with E-state index in [0.717, 1.165) is 23.6 Å². The van der Waals surface area contributed by atoms with Gasteiger partial charge < -0.3 is 15.3 Å². The molecule has 1 aromatic rings. The van der Waals surface area contributed by atoms with E-state index in [1.807, 2.05) is 7.05 Å². The Morgan fingerprint density at radius 2 is 2.11 bits per heavy atom. The molecule has 1 heterocycles. The van der Waals surface area contributed by atoms with Crippen LogP contribution < -0.4 is 10.2 Å². The Morgan fingerprint density at radius 1 is 1.37 bits per heavy atom. The number of anilines is 2. The Balaban J connectivity index is 2.34. The van der Waals surface area contributed by atoms with E-state index >= 15 is 0 Å². The monoisotopic (exact) mass is 264 g/mol. The standard InChI is InChI=1S/C14H24N4O/c1-3-12-13(15-2)16-10-17-14(12)18(8-9-19)11-6-4-5-7-11/h10-11,19H,3-9H2,1-2H3,(H,15,16,17). The molecular weight excluding hydrogens is 240 g/mol. The third-order valence-electron chi connectivity index (χ3n) is 3.89. The molecule has 19 heavy (non-hydrogen) atoms. The molecule has 1 aliphatic carbocycles. The van der Waals surface area contributed by atoms with Crippen LogP contribution in [0.1, 0.15) is 38.2 Å². The molecule has 1 fully saturated rings. The van der Waals surface area contributed by atoms with Gasteiger partial charge in [-0.3, -0.25) is 0 Å². The van der Waals surface area contributed by atoms with E-state index in [0.29, 0.717) is 12.6 Å². The maximum Gasteiger partial charge on any atom is 0.137 e. The maximum absolute atomic E-state index is 9.35. The summed E-state index contributed by atoms with van der Waals surface area (Å²) in [7, 11) is 1.89. The zero-order valence-corrected chi connectivity index (χ0v) is 11.9. The first-order valence-corrected chi connectivity index (χ1v) is 7.21. The van der Waals surface area contributed by atoms with Gasteiger partial charge in [-0.05, 0) is 19.3 Å². The zero-order chi connectivity index (χ0) is 13.7. The Kier molecular flexibility index (Phi) is 4.96. The lowest BCUT2D eigenvalue weighted by atomic mass is 10.1. The average Bonchev–Trinajstić information content (AvgIpc) is 2.97. The van der Waals surface area contributed by atoms with Crippen molar-refractivity contribution in [2.75, 3.05) is 30.4 Å². The lowest BCUT2D eigenvalue weighted by Crippen LogP contribution is -2.37. The van der Waals surface area contributed by atoms with Crippen molar-refractivity contribution in [3.8, 4) is 0 Å². The number of aliphatic hydroxyl groups excluding tert-OH is 1. The summed E-state index contributed by atoms with van der Waals surface area (Å²) in [6.07, 6.45) is 7.45. The number of nitrogens with zero attached hydrogens (tertiary/aromatic N) is 3. The van der Waals surface area contributed by atoms with Crippen LogP contribution in [0.5, 0.6) is 0 Å². The van der Waals surface area contributed by atoms with E-state index in [1.165, 1.54) is 25.7 Å². The van der Waals surface area contributed by atoms with Crippen LogP contribution in [0.4, 0.5) is 11.6 Å². The zero-order valence-electron chi connectivity index (χ0n) is 11.9. The van der Waals surface area contributed by atoms with Gasteiger partial charge in [0, 0.05) is 25.2 Å². The molecule has 5 nitrogen and oxygen atoms in total. The van der Waals surface area contributed by atoms with Gasteiger partial charge in [0.15, 0.2) is 0 Å². The molecule has 1 aliphatic rings. The van der Waals surface area contributed by atoms with Crippen molar-refractivity contribution in [1.29, 1.82) is 0 Å². The maximum atomic E-state index is 9.35. The predicted molar refractivity (Wildman–Crippen MR) is 77.6 cm³/mol. The Morgan fingerprint density at radius 3 is 2.68 bits per heavy atom. The molecule has 0 radical (unpaired) electrons. The molecule has 0 bridgehead atoms. The number of nitrogens with one attached hydrogen (secondary N) is 1. The minimum Gasteiger partial charge on any atom is -0.395 e.